The number of nitrogens with zero attached hydrogens (tertiary/aromatic N) is 6. The quantitative estimate of drug-likeness (QED) is 0.645. The van der Waals surface area contributed by atoms with Gasteiger partial charge < -0.3 is 19.7 Å². The van der Waals surface area contributed by atoms with Gasteiger partial charge in [0.25, 0.3) is 0 Å². The van der Waals surface area contributed by atoms with Crippen LogP contribution in [0.4, 0.5) is 11.5 Å². The van der Waals surface area contributed by atoms with Crippen molar-refractivity contribution in [3.8, 4) is 11.5 Å². The van der Waals surface area contributed by atoms with Crippen molar-refractivity contribution >= 4 is 23.1 Å². The van der Waals surface area contributed by atoms with Crippen LogP contribution in [0.3, 0.4) is 0 Å². The van der Waals surface area contributed by atoms with Gasteiger partial charge in [0.2, 0.25) is 5.91 Å². The summed E-state index contributed by atoms with van der Waals surface area (Å²) in [5.74, 6) is 2.09. The molecule has 2 atom stereocenters. The third-order valence-corrected chi connectivity index (χ3v) is 5.81. The van der Waals surface area contributed by atoms with Gasteiger partial charge in [-0.25, -0.2) is 0 Å². The SMILES string of the molecule is COc1ccc(NC(=O)CN2C3CC2CN(c2ccc4nncn4n2)C3)cc1OC. The molecule has 3 aliphatic heterocycles. The number of ether oxygens (including phenoxy) is 2. The fourth-order valence-electron chi connectivity index (χ4n) is 4.30. The van der Waals surface area contributed by atoms with E-state index in [2.05, 4.69) is 30.4 Å². The molecule has 3 aromatic rings. The Labute approximate surface area is 173 Å². The van der Waals surface area contributed by atoms with Gasteiger partial charge in [-0.15, -0.1) is 15.3 Å². The van der Waals surface area contributed by atoms with Crippen LogP contribution >= 0.6 is 0 Å². The molecular weight excluding hydrogens is 386 g/mol. The van der Waals surface area contributed by atoms with Gasteiger partial charge in [-0.2, -0.15) is 4.52 Å². The molecule has 0 aliphatic carbocycles. The summed E-state index contributed by atoms with van der Waals surface area (Å²) in [5, 5.41) is 15.4. The number of carbonyl (C=O) groups is 1. The molecule has 0 spiro atoms. The lowest BCUT2D eigenvalue weighted by atomic mass is 9.87. The third kappa shape index (κ3) is 3.28. The molecule has 0 radical (unpaired) electrons. The molecule has 2 unspecified atom stereocenters. The summed E-state index contributed by atoms with van der Waals surface area (Å²) >= 11 is 0. The number of anilines is 2. The monoisotopic (exact) mass is 409 g/mol. The molecule has 6 rings (SSSR count). The van der Waals surface area contributed by atoms with Crippen molar-refractivity contribution in [3.05, 3.63) is 36.7 Å². The second-order valence-corrected chi connectivity index (χ2v) is 7.56. The van der Waals surface area contributed by atoms with Crippen LogP contribution in [0.2, 0.25) is 0 Å². The van der Waals surface area contributed by atoms with Crippen molar-refractivity contribution in [1.29, 1.82) is 0 Å². The van der Waals surface area contributed by atoms with Crippen LogP contribution in [0.25, 0.3) is 5.65 Å². The Morgan fingerprint density at radius 2 is 1.93 bits per heavy atom. The minimum Gasteiger partial charge on any atom is -0.493 e. The van der Waals surface area contributed by atoms with Crippen LogP contribution in [0.5, 0.6) is 11.5 Å². The van der Waals surface area contributed by atoms with E-state index in [9.17, 15) is 4.79 Å². The van der Waals surface area contributed by atoms with Crippen molar-refractivity contribution in [1.82, 2.24) is 24.7 Å². The van der Waals surface area contributed by atoms with Crippen LogP contribution < -0.4 is 19.7 Å². The van der Waals surface area contributed by atoms with E-state index >= 15 is 0 Å². The van der Waals surface area contributed by atoms with Gasteiger partial charge in [-0.1, -0.05) is 0 Å². The lowest BCUT2D eigenvalue weighted by Crippen LogP contribution is -2.69. The van der Waals surface area contributed by atoms with Crippen molar-refractivity contribution in [2.75, 3.05) is 44.1 Å². The van der Waals surface area contributed by atoms with Gasteiger partial charge in [-0.3, -0.25) is 9.69 Å². The molecule has 5 heterocycles. The first kappa shape index (κ1) is 18.6. The highest BCUT2D eigenvalue weighted by atomic mass is 16.5. The summed E-state index contributed by atoms with van der Waals surface area (Å²) in [6, 6.07) is 9.95. The van der Waals surface area contributed by atoms with Crippen molar-refractivity contribution in [2.24, 2.45) is 0 Å². The van der Waals surface area contributed by atoms with Gasteiger partial charge in [0, 0.05) is 36.9 Å². The molecule has 1 aromatic carbocycles. The zero-order valence-electron chi connectivity index (χ0n) is 16.9. The molecule has 3 fully saturated rings. The number of benzene rings is 1. The van der Waals surface area contributed by atoms with Crippen LogP contribution in [0.15, 0.2) is 36.7 Å². The number of carbonyl (C=O) groups excluding carboxylic acids is 1. The van der Waals surface area contributed by atoms with Gasteiger partial charge in [0.05, 0.1) is 20.8 Å². The highest BCUT2D eigenvalue weighted by Gasteiger charge is 2.45. The summed E-state index contributed by atoms with van der Waals surface area (Å²) in [7, 11) is 3.16. The van der Waals surface area contributed by atoms with E-state index < -0.39 is 0 Å². The van der Waals surface area contributed by atoms with Crippen LogP contribution in [0.1, 0.15) is 6.42 Å². The molecule has 3 saturated heterocycles. The van der Waals surface area contributed by atoms with E-state index in [1.54, 1.807) is 37.2 Å². The predicted octanol–water partition coefficient (Wildman–Crippen LogP) is 1.04. The number of amides is 1. The maximum atomic E-state index is 12.6. The van der Waals surface area contributed by atoms with E-state index in [-0.39, 0.29) is 5.91 Å². The van der Waals surface area contributed by atoms with Gasteiger partial charge >= 0.3 is 0 Å². The summed E-state index contributed by atoms with van der Waals surface area (Å²) in [4.78, 5) is 17.1. The van der Waals surface area contributed by atoms with Gasteiger partial charge in [0.15, 0.2) is 17.1 Å². The second-order valence-electron chi connectivity index (χ2n) is 7.56. The molecule has 30 heavy (non-hydrogen) atoms. The minimum absolute atomic E-state index is 0.0330. The number of aromatic nitrogens is 4. The van der Waals surface area contributed by atoms with Crippen molar-refractivity contribution in [2.45, 2.75) is 18.5 Å². The third-order valence-electron chi connectivity index (χ3n) is 5.81. The van der Waals surface area contributed by atoms with E-state index in [0.29, 0.717) is 35.8 Å². The largest absolute Gasteiger partial charge is 0.493 e. The Bertz CT molecular complexity index is 1070. The Morgan fingerprint density at radius 1 is 1.13 bits per heavy atom. The first-order chi connectivity index (χ1) is 14.6. The maximum Gasteiger partial charge on any atom is 0.238 e. The van der Waals surface area contributed by atoms with E-state index in [1.165, 1.54) is 0 Å². The Hall–Kier alpha value is -3.40. The van der Waals surface area contributed by atoms with Crippen molar-refractivity contribution in [3.63, 3.8) is 0 Å². The summed E-state index contributed by atoms with van der Waals surface area (Å²) in [6.07, 6.45) is 2.71. The molecular formula is C20H23N7O3. The van der Waals surface area contributed by atoms with Gasteiger partial charge in [-0.05, 0) is 30.7 Å². The van der Waals surface area contributed by atoms with Crippen LogP contribution in [-0.4, -0.2) is 76.6 Å². The molecule has 2 aromatic heterocycles. The van der Waals surface area contributed by atoms with Gasteiger partial charge in [0.1, 0.15) is 12.1 Å². The standard InChI is InChI=1S/C20H23N7O3/c1-29-16-4-3-13(7-17(16)30-2)22-20(28)11-26-14-8-15(26)10-25(9-14)19-6-5-18-23-21-12-27(18)24-19/h3-7,12,14-15H,8-11H2,1-2H3,(H,22,28). The average Bonchev–Trinajstić information content (AvgIpc) is 3.25. The number of piperazine rings is 1. The second kappa shape index (κ2) is 7.45. The van der Waals surface area contributed by atoms with Crippen LogP contribution in [-0.2, 0) is 4.79 Å². The molecule has 10 nitrogen and oxygen atoms in total. The summed E-state index contributed by atoms with van der Waals surface area (Å²) in [5.41, 5.74) is 1.42. The molecule has 2 bridgehead atoms. The molecule has 3 aliphatic rings. The molecule has 10 heteroatoms. The normalized spacial score (nSPS) is 20.7. The highest BCUT2D eigenvalue weighted by molar-refractivity contribution is 5.92. The van der Waals surface area contributed by atoms with E-state index in [0.717, 1.165) is 31.0 Å². The Balaban J connectivity index is 1.20. The molecule has 1 amide bonds. The average molecular weight is 409 g/mol. The number of nitrogens with one attached hydrogen (secondary N) is 1. The fourth-order valence-corrected chi connectivity index (χ4v) is 4.30. The first-order valence-electron chi connectivity index (χ1n) is 9.84. The number of hydrogen-bond donors (Lipinski definition) is 1. The minimum atomic E-state index is -0.0330. The van der Waals surface area contributed by atoms with Crippen LogP contribution in [0, 0.1) is 0 Å². The predicted molar refractivity (Wildman–Crippen MR) is 110 cm³/mol. The smallest absolute Gasteiger partial charge is 0.238 e. The number of hydrogen-bond acceptors (Lipinski definition) is 8. The molecule has 1 N–H and O–H groups in total. The molecule has 156 valence electrons. The Kier molecular flexibility index (Phi) is 4.62. The van der Waals surface area contributed by atoms with Crippen molar-refractivity contribution < 1.29 is 14.3 Å². The number of fused-ring (bicyclic) bond motifs is 3. The number of methoxy groups -OCH3 is 2. The lowest BCUT2D eigenvalue weighted by Gasteiger charge is -2.56. The zero-order chi connectivity index (χ0) is 20.7. The van der Waals surface area contributed by atoms with E-state index in [4.69, 9.17) is 9.47 Å². The highest BCUT2D eigenvalue weighted by Crippen LogP contribution is 2.34. The van der Waals surface area contributed by atoms with E-state index in [1.807, 2.05) is 18.2 Å². The number of piperidine rings is 1. The first-order valence-corrected chi connectivity index (χ1v) is 9.84. The molecule has 0 saturated carbocycles. The fraction of sp³-hybridized carbons (Fsp3) is 0.400. The lowest BCUT2D eigenvalue weighted by molar-refractivity contribution is -0.121. The number of rotatable bonds is 6. The summed E-state index contributed by atoms with van der Waals surface area (Å²) in [6.45, 7) is 2.07. The summed E-state index contributed by atoms with van der Waals surface area (Å²) < 4.78 is 12.2. The maximum absolute atomic E-state index is 12.6. The zero-order valence-corrected chi connectivity index (χ0v) is 16.9. The topological polar surface area (TPSA) is 97.1 Å². The Morgan fingerprint density at radius 3 is 2.70 bits per heavy atom.